The maximum atomic E-state index is 13.9. The molecule has 1 aliphatic rings. The van der Waals surface area contributed by atoms with Gasteiger partial charge in [-0.05, 0) is 23.6 Å². The van der Waals surface area contributed by atoms with Crippen molar-refractivity contribution in [1.29, 1.82) is 0 Å². The van der Waals surface area contributed by atoms with Gasteiger partial charge in [0.05, 0.1) is 6.20 Å². The minimum Gasteiger partial charge on any atom is -0.372 e. The molecule has 0 spiro atoms. The van der Waals surface area contributed by atoms with Crippen molar-refractivity contribution in [3.05, 3.63) is 66.0 Å². The monoisotopic (exact) mass is 378 g/mol. The largest absolute Gasteiger partial charge is 0.425 e. The Balaban J connectivity index is 2.03. The summed E-state index contributed by atoms with van der Waals surface area (Å²) in [7, 11) is 0. The zero-order valence-electron chi connectivity index (χ0n) is 13.6. The molecule has 2 unspecified atom stereocenters. The summed E-state index contributed by atoms with van der Waals surface area (Å²) >= 11 is 6.02. The molecule has 2 aromatic carbocycles. The highest BCUT2D eigenvalue weighted by molar-refractivity contribution is 6.18. The Morgan fingerprint density at radius 2 is 1.73 bits per heavy atom. The van der Waals surface area contributed by atoms with E-state index >= 15 is 0 Å². The van der Waals surface area contributed by atoms with E-state index < -0.39 is 11.8 Å². The molecular weight excluding hydrogens is 365 g/mol. The number of fused-ring (bicyclic) bond motifs is 3. The molecule has 0 amide bonds. The minimum atomic E-state index is -4.85. The number of rotatable bonds is 2. The molecule has 1 N–H and O–H groups in total. The van der Waals surface area contributed by atoms with Crippen LogP contribution in [0.4, 0.5) is 13.2 Å². The van der Waals surface area contributed by atoms with E-state index in [4.69, 9.17) is 11.6 Å². The van der Waals surface area contributed by atoms with Crippen LogP contribution < -0.4 is 0 Å². The highest BCUT2D eigenvalue weighted by Gasteiger charge is 2.61. The second-order valence-electron chi connectivity index (χ2n) is 6.26. The Bertz CT molecular complexity index is 996. The van der Waals surface area contributed by atoms with E-state index in [9.17, 15) is 18.3 Å². The number of aliphatic hydroxyl groups is 1. The Hall–Kier alpha value is -2.31. The van der Waals surface area contributed by atoms with E-state index in [0.717, 1.165) is 0 Å². The summed E-state index contributed by atoms with van der Waals surface area (Å²) in [6.45, 7) is 1.74. The Morgan fingerprint density at radius 1 is 1.08 bits per heavy atom. The summed E-state index contributed by atoms with van der Waals surface area (Å²) in [5, 5.41) is 14.9. The van der Waals surface area contributed by atoms with Crippen LogP contribution in [0, 0.1) is 0 Å². The number of aromatic nitrogens is 2. The number of hydrogen-bond donors (Lipinski definition) is 1. The van der Waals surface area contributed by atoms with Crippen LogP contribution in [0.5, 0.6) is 0 Å². The Labute approximate surface area is 152 Å². The fraction of sp³-hybridized carbons (Fsp3) is 0.211. The first-order valence-electron chi connectivity index (χ1n) is 7.96. The van der Waals surface area contributed by atoms with E-state index in [1.54, 1.807) is 37.5 Å². The highest BCUT2D eigenvalue weighted by Crippen LogP contribution is 2.56. The van der Waals surface area contributed by atoms with Crippen molar-refractivity contribution in [3.63, 3.8) is 0 Å². The standard InChI is InChI=1S/C19H14ClF3N2O/c1-11(20)25-10-12(9-24-25)13-6-4-8-16-17(13)14-5-2-3-7-15(14)18(16,26)19(21,22)23/h2-11,26H,1H3. The molecule has 0 aliphatic heterocycles. The number of nitrogens with zero attached hydrogens (tertiary/aromatic N) is 2. The fourth-order valence-electron chi connectivity index (χ4n) is 3.52. The van der Waals surface area contributed by atoms with E-state index in [2.05, 4.69) is 5.10 Å². The maximum Gasteiger partial charge on any atom is 0.425 e. The molecule has 134 valence electrons. The average Bonchev–Trinajstić information content (AvgIpc) is 3.18. The lowest BCUT2D eigenvalue weighted by atomic mass is 9.89. The molecule has 4 rings (SSSR count). The molecule has 0 radical (unpaired) electrons. The average molecular weight is 379 g/mol. The van der Waals surface area contributed by atoms with Crippen molar-refractivity contribution in [3.8, 4) is 22.3 Å². The first-order chi connectivity index (χ1) is 12.2. The smallest absolute Gasteiger partial charge is 0.372 e. The summed E-state index contributed by atoms with van der Waals surface area (Å²) in [6.07, 6.45) is -1.61. The SMILES string of the molecule is CC(Cl)n1cc(-c2cccc3c2-c2ccccc2C3(O)C(F)(F)F)cn1. The number of alkyl halides is 4. The van der Waals surface area contributed by atoms with Crippen LogP contribution >= 0.6 is 11.6 Å². The minimum absolute atomic E-state index is 0.159. The molecule has 0 saturated heterocycles. The third kappa shape index (κ3) is 2.22. The lowest BCUT2D eigenvalue weighted by molar-refractivity contribution is -0.246. The lowest BCUT2D eigenvalue weighted by Crippen LogP contribution is -2.41. The zero-order valence-corrected chi connectivity index (χ0v) is 14.4. The molecule has 0 bridgehead atoms. The second-order valence-corrected chi connectivity index (χ2v) is 6.90. The number of hydrogen-bond acceptors (Lipinski definition) is 2. The molecule has 0 fully saturated rings. The molecule has 3 nitrogen and oxygen atoms in total. The summed E-state index contributed by atoms with van der Waals surface area (Å²) in [5.41, 5.74) is -1.82. The van der Waals surface area contributed by atoms with Gasteiger partial charge in [-0.25, -0.2) is 0 Å². The summed E-state index contributed by atoms with van der Waals surface area (Å²) in [6, 6.07) is 10.6. The van der Waals surface area contributed by atoms with Crippen LogP contribution in [0.3, 0.4) is 0 Å². The summed E-state index contributed by atoms with van der Waals surface area (Å²) < 4.78 is 43.1. The van der Waals surface area contributed by atoms with Gasteiger partial charge in [0.15, 0.2) is 0 Å². The van der Waals surface area contributed by atoms with Gasteiger partial charge in [0.1, 0.15) is 5.50 Å². The third-order valence-electron chi connectivity index (χ3n) is 4.73. The molecule has 1 aromatic heterocycles. The van der Waals surface area contributed by atoms with Crippen LogP contribution in [-0.4, -0.2) is 21.1 Å². The van der Waals surface area contributed by atoms with Crippen LogP contribution in [0.2, 0.25) is 0 Å². The van der Waals surface area contributed by atoms with Gasteiger partial charge in [0.25, 0.3) is 0 Å². The molecule has 26 heavy (non-hydrogen) atoms. The van der Waals surface area contributed by atoms with Gasteiger partial charge >= 0.3 is 6.18 Å². The van der Waals surface area contributed by atoms with Gasteiger partial charge in [0, 0.05) is 22.9 Å². The van der Waals surface area contributed by atoms with Gasteiger partial charge in [0.2, 0.25) is 5.60 Å². The van der Waals surface area contributed by atoms with Crippen LogP contribution in [0.1, 0.15) is 23.6 Å². The predicted molar refractivity (Wildman–Crippen MR) is 92.7 cm³/mol. The number of benzene rings is 2. The van der Waals surface area contributed by atoms with Gasteiger partial charge in [-0.15, -0.1) is 0 Å². The quantitative estimate of drug-likeness (QED) is 0.631. The first-order valence-corrected chi connectivity index (χ1v) is 8.40. The lowest BCUT2D eigenvalue weighted by Gasteiger charge is -2.28. The van der Waals surface area contributed by atoms with Crippen molar-refractivity contribution in [1.82, 2.24) is 9.78 Å². The van der Waals surface area contributed by atoms with Crippen molar-refractivity contribution in [2.45, 2.75) is 24.2 Å². The van der Waals surface area contributed by atoms with Gasteiger partial charge in [-0.3, -0.25) is 4.68 Å². The van der Waals surface area contributed by atoms with Crippen molar-refractivity contribution >= 4 is 11.6 Å². The van der Waals surface area contributed by atoms with Crippen LogP contribution in [0.15, 0.2) is 54.9 Å². The molecular formula is C19H14ClF3N2O. The highest BCUT2D eigenvalue weighted by atomic mass is 35.5. The predicted octanol–water partition coefficient (Wildman–Crippen LogP) is 5.09. The van der Waals surface area contributed by atoms with E-state index in [-0.39, 0.29) is 16.6 Å². The van der Waals surface area contributed by atoms with Gasteiger partial charge < -0.3 is 5.11 Å². The molecule has 7 heteroatoms. The molecule has 3 aromatic rings. The van der Waals surface area contributed by atoms with Crippen molar-refractivity contribution in [2.75, 3.05) is 0 Å². The first kappa shape index (κ1) is 17.1. The van der Waals surface area contributed by atoms with E-state index in [1.807, 2.05) is 0 Å². The molecule has 0 saturated carbocycles. The van der Waals surface area contributed by atoms with Crippen molar-refractivity contribution < 1.29 is 18.3 Å². The topological polar surface area (TPSA) is 38.0 Å². The van der Waals surface area contributed by atoms with E-state index in [0.29, 0.717) is 22.3 Å². The molecule has 1 heterocycles. The fourth-order valence-corrected chi connectivity index (χ4v) is 3.63. The number of halogens is 4. The Kier molecular flexibility index (Phi) is 3.68. The Morgan fingerprint density at radius 3 is 2.38 bits per heavy atom. The zero-order chi connectivity index (χ0) is 18.7. The van der Waals surface area contributed by atoms with Crippen LogP contribution in [-0.2, 0) is 5.60 Å². The van der Waals surface area contributed by atoms with Crippen molar-refractivity contribution in [2.24, 2.45) is 0 Å². The third-order valence-corrected chi connectivity index (χ3v) is 4.93. The summed E-state index contributed by atoms with van der Waals surface area (Å²) in [5.74, 6) is 0. The second kappa shape index (κ2) is 5.59. The summed E-state index contributed by atoms with van der Waals surface area (Å²) in [4.78, 5) is 0. The maximum absolute atomic E-state index is 13.9. The normalized spacial score (nSPS) is 19.9. The molecule has 2 atom stereocenters. The van der Waals surface area contributed by atoms with E-state index in [1.165, 1.54) is 28.9 Å². The van der Waals surface area contributed by atoms with Crippen LogP contribution in [0.25, 0.3) is 22.3 Å². The molecule has 1 aliphatic carbocycles. The van der Waals surface area contributed by atoms with Gasteiger partial charge in [-0.1, -0.05) is 54.1 Å². The van der Waals surface area contributed by atoms with Gasteiger partial charge in [-0.2, -0.15) is 18.3 Å².